The molecule has 0 bridgehead atoms. The first-order chi connectivity index (χ1) is 13.9. The number of thiophene rings is 1. The van der Waals surface area contributed by atoms with E-state index in [1.165, 1.54) is 23.5 Å². The molecule has 1 amide bonds. The van der Waals surface area contributed by atoms with Gasteiger partial charge < -0.3 is 14.8 Å². The number of nitrogens with one attached hydrogen (secondary N) is 1. The third kappa shape index (κ3) is 4.05. The first-order valence-corrected chi connectivity index (χ1v) is 10.7. The SMILES string of the molecule is CC(C)C(NC(=O)c1sc2cc(F)ccc2c1Cl)c1ccc2c(c1)OCCCO2. The van der Waals surface area contributed by atoms with Crippen LogP contribution in [0.4, 0.5) is 4.39 Å². The number of rotatable bonds is 4. The van der Waals surface area contributed by atoms with Crippen LogP contribution in [-0.4, -0.2) is 19.1 Å². The Labute approximate surface area is 177 Å². The number of amides is 1. The maximum atomic E-state index is 13.5. The number of benzene rings is 2. The highest BCUT2D eigenvalue weighted by Gasteiger charge is 2.24. The summed E-state index contributed by atoms with van der Waals surface area (Å²) >= 11 is 7.61. The van der Waals surface area contributed by atoms with Gasteiger partial charge in [0.05, 0.1) is 24.3 Å². The van der Waals surface area contributed by atoms with Gasteiger partial charge in [0.1, 0.15) is 10.7 Å². The van der Waals surface area contributed by atoms with Crippen LogP contribution in [0.3, 0.4) is 0 Å². The van der Waals surface area contributed by atoms with Crippen molar-refractivity contribution in [3.63, 3.8) is 0 Å². The minimum Gasteiger partial charge on any atom is -0.490 e. The molecule has 0 saturated carbocycles. The molecule has 1 aliphatic rings. The fourth-order valence-electron chi connectivity index (χ4n) is 3.40. The van der Waals surface area contributed by atoms with Gasteiger partial charge in [-0.15, -0.1) is 11.3 Å². The Morgan fingerprint density at radius 2 is 1.90 bits per heavy atom. The zero-order valence-corrected chi connectivity index (χ0v) is 17.7. The third-order valence-corrected chi connectivity index (χ3v) is 6.54. The summed E-state index contributed by atoms with van der Waals surface area (Å²) in [5.41, 5.74) is 0.931. The molecule has 29 heavy (non-hydrogen) atoms. The van der Waals surface area contributed by atoms with Crippen molar-refractivity contribution < 1.29 is 18.7 Å². The lowest BCUT2D eigenvalue weighted by Gasteiger charge is -2.23. The van der Waals surface area contributed by atoms with E-state index in [0.717, 1.165) is 17.7 Å². The number of carbonyl (C=O) groups excluding carboxylic acids is 1. The van der Waals surface area contributed by atoms with E-state index in [9.17, 15) is 9.18 Å². The zero-order valence-electron chi connectivity index (χ0n) is 16.1. The summed E-state index contributed by atoms with van der Waals surface area (Å²) in [6.45, 7) is 5.30. The van der Waals surface area contributed by atoms with Gasteiger partial charge in [-0.25, -0.2) is 4.39 Å². The molecule has 0 saturated heterocycles. The highest BCUT2D eigenvalue weighted by atomic mass is 35.5. The van der Waals surface area contributed by atoms with Crippen LogP contribution < -0.4 is 14.8 Å². The molecule has 152 valence electrons. The molecule has 3 aromatic rings. The van der Waals surface area contributed by atoms with Crippen molar-refractivity contribution in [3.05, 3.63) is 57.7 Å². The second kappa shape index (κ2) is 8.20. The Hall–Kier alpha value is -2.31. The number of carbonyl (C=O) groups is 1. The van der Waals surface area contributed by atoms with Gasteiger partial charge in [0.25, 0.3) is 5.91 Å². The third-order valence-electron chi connectivity index (χ3n) is 4.88. The van der Waals surface area contributed by atoms with Gasteiger partial charge in [-0.05, 0) is 41.8 Å². The molecule has 4 nitrogen and oxygen atoms in total. The van der Waals surface area contributed by atoms with E-state index in [2.05, 4.69) is 5.32 Å². The average molecular weight is 434 g/mol. The van der Waals surface area contributed by atoms with Crippen molar-refractivity contribution in [2.24, 2.45) is 5.92 Å². The monoisotopic (exact) mass is 433 g/mol. The van der Waals surface area contributed by atoms with Crippen LogP contribution in [0.25, 0.3) is 10.1 Å². The van der Waals surface area contributed by atoms with Gasteiger partial charge in [-0.2, -0.15) is 0 Å². The molecular weight excluding hydrogens is 413 g/mol. The molecular formula is C22H21ClFNO3S. The van der Waals surface area contributed by atoms with E-state index in [4.69, 9.17) is 21.1 Å². The van der Waals surface area contributed by atoms with Crippen LogP contribution in [0.2, 0.25) is 5.02 Å². The van der Waals surface area contributed by atoms with E-state index in [1.54, 1.807) is 6.07 Å². The molecule has 1 atom stereocenters. The maximum Gasteiger partial charge on any atom is 0.263 e. The number of hydrogen-bond acceptors (Lipinski definition) is 4. The summed E-state index contributed by atoms with van der Waals surface area (Å²) in [6, 6.07) is 9.85. The van der Waals surface area contributed by atoms with Crippen molar-refractivity contribution in [1.29, 1.82) is 0 Å². The second-order valence-corrected chi connectivity index (χ2v) is 8.77. The lowest BCUT2D eigenvalue weighted by atomic mass is 9.95. The summed E-state index contributed by atoms with van der Waals surface area (Å²) < 4.78 is 25.7. The summed E-state index contributed by atoms with van der Waals surface area (Å²) in [5, 5.41) is 4.12. The maximum absolute atomic E-state index is 13.5. The minimum absolute atomic E-state index is 0.134. The largest absolute Gasteiger partial charge is 0.490 e. The standard InChI is InChI=1S/C22H21ClFNO3S/c1-12(2)20(13-4-7-16-17(10-13)28-9-3-8-27-16)25-22(26)21-19(23)15-6-5-14(24)11-18(15)29-21/h4-7,10-12,20H,3,8-9H2,1-2H3,(H,25,26). The summed E-state index contributed by atoms with van der Waals surface area (Å²) in [5.74, 6) is 0.913. The van der Waals surface area contributed by atoms with E-state index in [0.29, 0.717) is 38.9 Å². The van der Waals surface area contributed by atoms with Crippen LogP contribution in [-0.2, 0) is 0 Å². The van der Waals surface area contributed by atoms with Gasteiger partial charge in [-0.1, -0.05) is 31.5 Å². The molecule has 2 aromatic carbocycles. The molecule has 1 aromatic heterocycles. The van der Waals surface area contributed by atoms with Crippen LogP contribution in [0.5, 0.6) is 11.5 Å². The van der Waals surface area contributed by atoms with Gasteiger partial charge in [0.15, 0.2) is 11.5 Å². The molecule has 1 aliphatic heterocycles. The predicted octanol–water partition coefficient (Wildman–Crippen LogP) is 5.98. The first-order valence-electron chi connectivity index (χ1n) is 9.52. The predicted molar refractivity (Wildman–Crippen MR) is 114 cm³/mol. The fraction of sp³-hybridized carbons (Fsp3) is 0.318. The molecule has 1 N–H and O–H groups in total. The van der Waals surface area contributed by atoms with Crippen molar-refractivity contribution in [2.75, 3.05) is 13.2 Å². The molecule has 4 rings (SSSR count). The molecule has 0 fully saturated rings. The van der Waals surface area contributed by atoms with Gasteiger partial charge in [0, 0.05) is 16.5 Å². The van der Waals surface area contributed by atoms with E-state index in [-0.39, 0.29) is 23.7 Å². The fourth-order valence-corrected chi connectivity index (χ4v) is 4.85. The van der Waals surface area contributed by atoms with Gasteiger partial charge >= 0.3 is 0 Å². The van der Waals surface area contributed by atoms with E-state index < -0.39 is 0 Å². The van der Waals surface area contributed by atoms with Crippen molar-refractivity contribution in [1.82, 2.24) is 5.32 Å². The summed E-state index contributed by atoms with van der Waals surface area (Å²) in [7, 11) is 0. The Kier molecular flexibility index (Phi) is 5.65. The van der Waals surface area contributed by atoms with Crippen LogP contribution in [0, 0.1) is 11.7 Å². The highest BCUT2D eigenvalue weighted by molar-refractivity contribution is 7.21. The number of fused-ring (bicyclic) bond motifs is 2. The Morgan fingerprint density at radius 3 is 2.66 bits per heavy atom. The minimum atomic E-state index is -0.352. The lowest BCUT2D eigenvalue weighted by Crippen LogP contribution is -2.31. The summed E-state index contributed by atoms with van der Waals surface area (Å²) in [4.78, 5) is 13.4. The molecule has 0 radical (unpaired) electrons. The quantitative estimate of drug-likeness (QED) is 0.550. The molecule has 2 heterocycles. The highest BCUT2D eigenvalue weighted by Crippen LogP contribution is 2.37. The van der Waals surface area contributed by atoms with Crippen molar-refractivity contribution in [2.45, 2.75) is 26.3 Å². The van der Waals surface area contributed by atoms with Crippen LogP contribution in [0.15, 0.2) is 36.4 Å². The topological polar surface area (TPSA) is 47.6 Å². The zero-order chi connectivity index (χ0) is 20.5. The Balaban J connectivity index is 1.63. The lowest BCUT2D eigenvalue weighted by molar-refractivity contribution is 0.0930. The van der Waals surface area contributed by atoms with Crippen LogP contribution >= 0.6 is 22.9 Å². The van der Waals surface area contributed by atoms with Gasteiger partial charge in [0.2, 0.25) is 0 Å². The number of ether oxygens (including phenoxy) is 2. The van der Waals surface area contributed by atoms with Crippen molar-refractivity contribution >= 4 is 38.9 Å². The van der Waals surface area contributed by atoms with E-state index in [1.807, 2.05) is 32.0 Å². The Morgan fingerprint density at radius 1 is 1.14 bits per heavy atom. The molecule has 0 spiro atoms. The normalized spacial score (nSPS) is 14.7. The molecule has 1 unspecified atom stereocenters. The smallest absolute Gasteiger partial charge is 0.263 e. The molecule has 0 aliphatic carbocycles. The molecule has 7 heteroatoms. The second-order valence-electron chi connectivity index (χ2n) is 7.34. The Bertz CT molecular complexity index is 1070. The average Bonchev–Trinajstić information content (AvgIpc) is 2.87. The van der Waals surface area contributed by atoms with E-state index >= 15 is 0 Å². The van der Waals surface area contributed by atoms with Crippen LogP contribution in [0.1, 0.15) is 41.5 Å². The summed E-state index contributed by atoms with van der Waals surface area (Å²) in [6.07, 6.45) is 0.833. The van der Waals surface area contributed by atoms with Crippen molar-refractivity contribution in [3.8, 4) is 11.5 Å². The van der Waals surface area contributed by atoms with Gasteiger partial charge in [-0.3, -0.25) is 4.79 Å². The number of halogens is 2. The number of hydrogen-bond donors (Lipinski definition) is 1. The first kappa shape index (κ1) is 20.0.